The molecular formula is C16H18N2O. The first kappa shape index (κ1) is 13.4. The van der Waals surface area contributed by atoms with Crippen molar-refractivity contribution in [2.45, 2.75) is 19.3 Å². The monoisotopic (exact) mass is 254 g/mol. The molecule has 0 aliphatic rings. The molecule has 2 aromatic carbocycles. The van der Waals surface area contributed by atoms with Crippen molar-refractivity contribution in [1.82, 2.24) is 0 Å². The number of nitrogens with one attached hydrogen (secondary N) is 1. The first-order chi connectivity index (χ1) is 9.36. The molecule has 2 aromatic rings. The highest BCUT2D eigenvalue weighted by molar-refractivity contribution is 5.97. The summed E-state index contributed by atoms with van der Waals surface area (Å²) in [4.78, 5) is 0. The molecule has 0 atom stereocenters. The van der Waals surface area contributed by atoms with Gasteiger partial charge in [0.05, 0.1) is 11.6 Å². The van der Waals surface area contributed by atoms with E-state index in [0.29, 0.717) is 5.56 Å². The van der Waals surface area contributed by atoms with E-state index < -0.39 is 0 Å². The van der Waals surface area contributed by atoms with Gasteiger partial charge >= 0.3 is 0 Å². The van der Waals surface area contributed by atoms with Crippen molar-refractivity contribution in [3.63, 3.8) is 0 Å². The maximum absolute atomic E-state index is 9.11. The van der Waals surface area contributed by atoms with E-state index in [0.717, 1.165) is 42.3 Å². The van der Waals surface area contributed by atoms with E-state index in [9.17, 15) is 0 Å². The van der Waals surface area contributed by atoms with E-state index in [2.05, 4.69) is 11.4 Å². The minimum Gasteiger partial charge on any atom is -0.396 e. The molecule has 0 amide bonds. The first-order valence-corrected chi connectivity index (χ1v) is 6.63. The predicted molar refractivity (Wildman–Crippen MR) is 78.1 cm³/mol. The number of rotatable bonds is 6. The van der Waals surface area contributed by atoms with E-state index in [1.54, 1.807) is 0 Å². The van der Waals surface area contributed by atoms with Gasteiger partial charge in [-0.15, -0.1) is 0 Å². The molecule has 0 saturated heterocycles. The van der Waals surface area contributed by atoms with E-state index in [1.807, 2.05) is 36.4 Å². The lowest BCUT2D eigenvalue weighted by atomic mass is 10.0. The molecule has 98 valence electrons. The minimum absolute atomic E-state index is 0.264. The molecule has 0 spiro atoms. The van der Waals surface area contributed by atoms with E-state index >= 15 is 0 Å². The summed E-state index contributed by atoms with van der Waals surface area (Å²) >= 11 is 0. The molecule has 0 saturated carbocycles. The molecule has 3 nitrogen and oxygen atoms in total. The molecule has 3 heteroatoms. The maximum atomic E-state index is 9.11. The van der Waals surface area contributed by atoms with Gasteiger partial charge in [0.25, 0.3) is 0 Å². The van der Waals surface area contributed by atoms with Crippen LogP contribution in [0.3, 0.4) is 0 Å². The molecule has 2 N–H and O–H groups in total. The third kappa shape index (κ3) is 3.24. The van der Waals surface area contributed by atoms with Crippen molar-refractivity contribution in [3.05, 3.63) is 42.0 Å². The number of hydrogen-bond acceptors (Lipinski definition) is 3. The molecule has 0 unspecified atom stereocenters. The van der Waals surface area contributed by atoms with Crippen LogP contribution in [0.2, 0.25) is 0 Å². The molecular weight excluding hydrogens is 236 g/mol. The smallest absolute Gasteiger partial charge is 0.0998 e. The Morgan fingerprint density at radius 3 is 2.53 bits per heavy atom. The summed E-state index contributed by atoms with van der Waals surface area (Å²) < 4.78 is 0. The van der Waals surface area contributed by atoms with Crippen LogP contribution in [0.25, 0.3) is 10.8 Å². The second kappa shape index (κ2) is 6.77. The van der Waals surface area contributed by atoms with Crippen molar-refractivity contribution < 1.29 is 5.11 Å². The van der Waals surface area contributed by atoms with E-state index in [4.69, 9.17) is 10.4 Å². The fourth-order valence-electron chi connectivity index (χ4n) is 2.19. The van der Waals surface area contributed by atoms with Crippen molar-refractivity contribution in [2.24, 2.45) is 0 Å². The Hall–Kier alpha value is -2.05. The lowest BCUT2D eigenvalue weighted by Gasteiger charge is -2.10. The Balaban J connectivity index is 2.14. The zero-order valence-electron chi connectivity index (χ0n) is 10.9. The van der Waals surface area contributed by atoms with Crippen LogP contribution in [-0.4, -0.2) is 18.3 Å². The van der Waals surface area contributed by atoms with E-state index in [-0.39, 0.29) is 6.61 Å². The second-order valence-electron chi connectivity index (χ2n) is 4.53. The number of unbranched alkanes of at least 4 members (excludes halogenated alkanes) is 2. The van der Waals surface area contributed by atoms with Crippen LogP contribution in [0.1, 0.15) is 24.8 Å². The molecule has 0 aromatic heterocycles. The van der Waals surface area contributed by atoms with Gasteiger partial charge in [0.1, 0.15) is 0 Å². The largest absolute Gasteiger partial charge is 0.396 e. The Morgan fingerprint density at radius 2 is 1.79 bits per heavy atom. The standard InChI is InChI=1S/C16H18N2O/c17-12-13-8-9-16(18-10-4-1-5-11-19)15-7-3-2-6-14(13)15/h2-3,6-9,18-19H,1,4-5,10-11H2. The van der Waals surface area contributed by atoms with Crippen LogP contribution < -0.4 is 5.32 Å². The molecule has 0 heterocycles. The molecule has 19 heavy (non-hydrogen) atoms. The van der Waals surface area contributed by atoms with Crippen LogP contribution in [0.5, 0.6) is 0 Å². The number of hydrogen-bond donors (Lipinski definition) is 2. The van der Waals surface area contributed by atoms with Gasteiger partial charge in [-0.1, -0.05) is 24.3 Å². The summed E-state index contributed by atoms with van der Waals surface area (Å²) in [6.45, 7) is 1.15. The van der Waals surface area contributed by atoms with Crippen molar-refractivity contribution in [3.8, 4) is 6.07 Å². The fourth-order valence-corrected chi connectivity index (χ4v) is 2.19. The van der Waals surface area contributed by atoms with Gasteiger partial charge in [0.15, 0.2) is 0 Å². The van der Waals surface area contributed by atoms with Gasteiger partial charge in [-0.05, 0) is 31.4 Å². The zero-order valence-corrected chi connectivity index (χ0v) is 10.9. The number of nitrogens with zero attached hydrogens (tertiary/aromatic N) is 1. The van der Waals surface area contributed by atoms with Crippen LogP contribution in [0, 0.1) is 11.3 Å². The first-order valence-electron chi connectivity index (χ1n) is 6.63. The zero-order chi connectivity index (χ0) is 13.5. The summed E-state index contributed by atoms with van der Waals surface area (Å²) in [6.07, 6.45) is 2.92. The Kier molecular flexibility index (Phi) is 4.77. The lowest BCUT2D eigenvalue weighted by molar-refractivity contribution is 0.283. The summed E-state index contributed by atoms with van der Waals surface area (Å²) in [5.41, 5.74) is 1.78. The maximum Gasteiger partial charge on any atom is 0.0998 e. The molecule has 0 aliphatic carbocycles. The third-order valence-electron chi connectivity index (χ3n) is 3.19. The highest BCUT2D eigenvalue weighted by atomic mass is 16.2. The highest BCUT2D eigenvalue weighted by Gasteiger charge is 2.04. The van der Waals surface area contributed by atoms with Crippen LogP contribution in [-0.2, 0) is 0 Å². The fraction of sp³-hybridized carbons (Fsp3) is 0.312. The average Bonchev–Trinajstić information content (AvgIpc) is 2.47. The second-order valence-corrected chi connectivity index (χ2v) is 4.53. The predicted octanol–water partition coefficient (Wildman–Crippen LogP) is 3.29. The molecule has 2 rings (SSSR count). The SMILES string of the molecule is N#Cc1ccc(NCCCCCO)c2ccccc12. The summed E-state index contributed by atoms with van der Waals surface area (Å²) in [6, 6.07) is 14.0. The lowest BCUT2D eigenvalue weighted by Crippen LogP contribution is -2.02. The van der Waals surface area contributed by atoms with Gasteiger partial charge < -0.3 is 10.4 Å². The van der Waals surface area contributed by atoms with Gasteiger partial charge in [0, 0.05) is 29.6 Å². The topological polar surface area (TPSA) is 56.0 Å². The quantitative estimate of drug-likeness (QED) is 0.778. The van der Waals surface area contributed by atoms with Gasteiger partial charge in [0.2, 0.25) is 0 Å². The molecule has 0 fully saturated rings. The average molecular weight is 254 g/mol. The Bertz CT molecular complexity index is 587. The number of nitriles is 1. The van der Waals surface area contributed by atoms with E-state index in [1.165, 1.54) is 0 Å². The number of aliphatic hydroxyl groups is 1. The highest BCUT2D eigenvalue weighted by Crippen LogP contribution is 2.26. The van der Waals surface area contributed by atoms with Crippen LogP contribution >= 0.6 is 0 Å². The van der Waals surface area contributed by atoms with Crippen molar-refractivity contribution in [2.75, 3.05) is 18.5 Å². The molecule has 0 bridgehead atoms. The van der Waals surface area contributed by atoms with Gasteiger partial charge in [-0.25, -0.2) is 0 Å². The normalized spacial score (nSPS) is 10.3. The molecule has 0 radical (unpaired) electrons. The van der Waals surface area contributed by atoms with Gasteiger partial charge in [-0.2, -0.15) is 5.26 Å². The van der Waals surface area contributed by atoms with Crippen LogP contribution in [0.4, 0.5) is 5.69 Å². The number of anilines is 1. The third-order valence-corrected chi connectivity index (χ3v) is 3.19. The number of benzene rings is 2. The Morgan fingerprint density at radius 1 is 1.00 bits per heavy atom. The van der Waals surface area contributed by atoms with Crippen molar-refractivity contribution >= 4 is 16.5 Å². The number of aliphatic hydroxyl groups excluding tert-OH is 1. The molecule has 0 aliphatic heterocycles. The minimum atomic E-state index is 0.264. The van der Waals surface area contributed by atoms with Crippen molar-refractivity contribution in [1.29, 1.82) is 5.26 Å². The van der Waals surface area contributed by atoms with Gasteiger partial charge in [-0.3, -0.25) is 0 Å². The summed E-state index contributed by atoms with van der Waals surface area (Å²) in [5.74, 6) is 0. The summed E-state index contributed by atoms with van der Waals surface area (Å²) in [7, 11) is 0. The van der Waals surface area contributed by atoms with Crippen LogP contribution in [0.15, 0.2) is 36.4 Å². The summed E-state index contributed by atoms with van der Waals surface area (Å²) in [5, 5.41) is 23.3. The number of fused-ring (bicyclic) bond motifs is 1. The Labute approximate surface area is 113 Å².